The van der Waals surface area contributed by atoms with Crippen LogP contribution in [0.25, 0.3) is 44.5 Å². The third-order valence-corrected chi connectivity index (χ3v) is 20.2. The van der Waals surface area contributed by atoms with Crippen molar-refractivity contribution in [2.75, 3.05) is 52.9 Å². The first-order chi connectivity index (χ1) is 47.3. The van der Waals surface area contributed by atoms with E-state index in [9.17, 15) is 19.2 Å². The molecule has 0 saturated carbocycles. The Morgan fingerprint density at radius 3 is 0.573 bits per heavy atom. The van der Waals surface area contributed by atoms with Gasteiger partial charge < -0.3 is 37.9 Å². The Hall–Kier alpha value is -9.16. The molecule has 1 aliphatic carbocycles. The highest BCUT2D eigenvalue weighted by Gasteiger charge is 2.42. The molecule has 0 saturated heterocycles. The molecule has 8 bridgehead atoms. The van der Waals surface area contributed by atoms with Gasteiger partial charge in [0.15, 0.2) is 0 Å². The lowest BCUT2D eigenvalue weighted by Gasteiger charge is -2.33. The fourth-order valence-corrected chi connectivity index (χ4v) is 15.5. The minimum Gasteiger partial charge on any atom is -0.489 e. The van der Waals surface area contributed by atoms with Gasteiger partial charge in [-0.1, -0.05) is 202 Å². The van der Waals surface area contributed by atoms with Gasteiger partial charge in [0.2, 0.25) is 0 Å². The van der Waals surface area contributed by atoms with Crippen LogP contribution in [0.3, 0.4) is 0 Å². The third-order valence-electron chi connectivity index (χ3n) is 20.2. The average Bonchev–Trinajstić information content (AvgIpc) is 1.16. The molecule has 0 fully saturated rings. The molecule has 0 N–H and O–H groups in total. The summed E-state index contributed by atoms with van der Waals surface area (Å²) in [6.07, 6.45) is 17.9. The Balaban J connectivity index is 1.29. The summed E-state index contributed by atoms with van der Waals surface area (Å²) >= 11 is 0. The number of carbonyl (C=O) groups is 4. The Morgan fingerprint density at radius 2 is 0.427 bits per heavy atom. The molecule has 13 rings (SSSR count). The fourth-order valence-electron chi connectivity index (χ4n) is 15.5. The number of aldehydes is 4. The summed E-state index contributed by atoms with van der Waals surface area (Å²) in [4.78, 5) is 50.2. The van der Waals surface area contributed by atoms with Gasteiger partial charge in [0.1, 0.15) is 124 Å². The maximum Gasteiger partial charge on any atom is 0.150 e. The zero-order valence-corrected chi connectivity index (χ0v) is 56.0. The molecule has 496 valence electrons. The van der Waals surface area contributed by atoms with Gasteiger partial charge in [-0.2, -0.15) is 0 Å². The van der Waals surface area contributed by atoms with Gasteiger partial charge >= 0.3 is 0 Å². The van der Waals surface area contributed by atoms with E-state index in [2.05, 4.69) is 52.0 Å². The van der Waals surface area contributed by atoms with Crippen LogP contribution >= 0.6 is 0 Å². The van der Waals surface area contributed by atoms with Gasteiger partial charge in [-0.25, -0.2) is 0 Å². The first-order valence-corrected chi connectivity index (χ1v) is 35.4. The van der Waals surface area contributed by atoms with Crippen LogP contribution in [0, 0.1) is 0 Å². The van der Waals surface area contributed by atoms with E-state index in [0.29, 0.717) is 68.2 Å². The molecule has 0 amide bonds. The smallest absolute Gasteiger partial charge is 0.150 e. The largest absolute Gasteiger partial charge is 0.489 e. The first-order valence-electron chi connectivity index (χ1n) is 35.4. The van der Waals surface area contributed by atoms with Crippen molar-refractivity contribution in [2.24, 2.45) is 0 Å². The standard InChI is InChI=1S/C84H88O12/c1-5-9-13-17-61-65-45-67-62(18-14-10-6-2)69-47-71-64(20-16-12-8-4)72-48-70-63(19-15-11-7-3)68-46-66(61)78-74(58-31-23-54(50-86)24-32-58)80(68)92-40-42-94-82(70)76(60-35-27-56(52-88)28-36-60)84(72)96-44-43-95-83(71)75(59-33-25-55(51-87)26-34-59)81(69)93-41-39-91-79(67)73(77(65)89-37-38-90-78)57-29-21-53(49-85)22-30-57/h21-36,45-52,61-64H,5-20,37-44H2,1-4H3. The Morgan fingerprint density at radius 1 is 0.260 bits per heavy atom. The number of ether oxygens (including phenoxy) is 8. The summed E-state index contributed by atoms with van der Waals surface area (Å²) in [6.45, 7) is 10.5. The van der Waals surface area contributed by atoms with E-state index in [1.54, 1.807) is 0 Å². The van der Waals surface area contributed by atoms with Gasteiger partial charge in [0, 0.05) is 90.4 Å². The van der Waals surface area contributed by atoms with Crippen LogP contribution < -0.4 is 37.9 Å². The van der Waals surface area contributed by atoms with Crippen molar-refractivity contribution in [1.29, 1.82) is 0 Å². The molecule has 0 radical (unpaired) electrons. The van der Waals surface area contributed by atoms with Crippen molar-refractivity contribution in [3.63, 3.8) is 0 Å². The van der Waals surface area contributed by atoms with Crippen LogP contribution in [0.5, 0.6) is 46.0 Å². The maximum atomic E-state index is 12.6. The highest BCUT2D eigenvalue weighted by Crippen LogP contribution is 2.62. The lowest BCUT2D eigenvalue weighted by molar-refractivity contribution is 0.111. The topological polar surface area (TPSA) is 142 Å². The van der Waals surface area contributed by atoms with Gasteiger partial charge in [-0.05, 0) is 72.2 Å². The summed E-state index contributed by atoms with van der Waals surface area (Å²) in [7, 11) is 0. The minimum atomic E-state index is -0.350. The number of carbonyl (C=O) groups excluding carboxylic acids is 4. The van der Waals surface area contributed by atoms with Gasteiger partial charge in [-0.3, -0.25) is 19.2 Å². The van der Waals surface area contributed by atoms with E-state index < -0.39 is 0 Å². The van der Waals surface area contributed by atoms with Gasteiger partial charge in [0.25, 0.3) is 0 Å². The molecule has 4 heterocycles. The normalized spacial score (nSPS) is 17.3. The molecule has 4 aliphatic heterocycles. The summed E-state index contributed by atoms with van der Waals surface area (Å²) in [5.74, 6) is 4.20. The molecular weight excluding hydrogens is 1200 g/mol. The summed E-state index contributed by atoms with van der Waals surface area (Å²) in [5.41, 5.74) is 16.9. The van der Waals surface area contributed by atoms with Crippen molar-refractivity contribution in [1.82, 2.24) is 0 Å². The number of unbranched alkanes of at least 4 members (excludes halogenated alkanes) is 8. The zero-order valence-electron chi connectivity index (χ0n) is 56.0. The second-order valence-electron chi connectivity index (χ2n) is 26.3. The molecular formula is C84H88O12. The van der Waals surface area contributed by atoms with Crippen LogP contribution in [0.1, 0.15) is 240 Å². The van der Waals surface area contributed by atoms with E-state index in [0.717, 1.165) is 217 Å². The van der Waals surface area contributed by atoms with Crippen molar-refractivity contribution < 1.29 is 57.1 Å². The average molecular weight is 1290 g/mol. The van der Waals surface area contributed by atoms with Crippen molar-refractivity contribution in [3.8, 4) is 90.5 Å². The SMILES string of the molecule is CCCCCC1c2cc3c4c(-c5ccc(C=O)cc5)c2OCCOc2c1cc1c(c2-c2ccc(C=O)cc2)OCCOc2c(cc5c(c2-c2ccc(C=O)cc2)OCCOc2c(cc(c(c2-c2ccc(C=O)cc2)OCCO4)C3CCCCC)C5CCCCC)C1CCCCC. The Labute approximate surface area is 564 Å². The molecule has 5 aliphatic rings. The minimum absolute atomic E-state index is 0.183. The van der Waals surface area contributed by atoms with Crippen LogP contribution in [0.4, 0.5) is 0 Å². The van der Waals surface area contributed by atoms with Crippen LogP contribution in [-0.4, -0.2) is 78.0 Å². The maximum absolute atomic E-state index is 12.6. The quantitative estimate of drug-likeness (QED) is 0.0420. The van der Waals surface area contributed by atoms with Crippen LogP contribution in [0.2, 0.25) is 0 Å². The fraction of sp³-hybridized carbons (Fsp3) is 0.381. The second kappa shape index (κ2) is 30.3. The second-order valence-corrected chi connectivity index (χ2v) is 26.3. The van der Waals surface area contributed by atoms with Crippen molar-refractivity contribution in [2.45, 2.75) is 154 Å². The number of benzene rings is 8. The third kappa shape index (κ3) is 12.9. The lowest BCUT2D eigenvalue weighted by Crippen LogP contribution is -2.15. The van der Waals surface area contributed by atoms with Crippen LogP contribution in [-0.2, 0) is 0 Å². The zero-order chi connectivity index (χ0) is 66.1. The Kier molecular flexibility index (Phi) is 20.7. The van der Waals surface area contributed by atoms with Gasteiger partial charge in [0.05, 0.1) is 22.3 Å². The molecule has 12 nitrogen and oxygen atoms in total. The highest BCUT2D eigenvalue weighted by atomic mass is 16.5. The summed E-state index contributed by atoms with van der Waals surface area (Å²) in [6, 6.07) is 40.9. The summed E-state index contributed by atoms with van der Waals surface area (Å²) < 4.78 is 59.4. The Bertz CT molecular complexity index is 3450. The van der Waals surface area contributed by atoms with Gasteiger partial charge in [-0.15, -0.1) is 0 Å². The number of hydrogen-bond acceptors (Lipinski definition) is 12. The van der Waals surface area contributed by atoms with Crippen molar-refractivity contribution >= 4 is 25.1 Å². The van der Waals surface area contributed by atoms with Crippen LogP contribution in [0.15, 0.2) is 121 Å². The van der Waals surface area contributed by atoms with E-state index in [1.165, 1.54) is 0 Å². The van der Waals surface area contributed by atoms with E-state index in [4.69, 9.17) is 37.9 Å². The molecule has 96 heavy (non-hydrogen) atoms. The predicted octanol–water partition coefficient (Wildman–Crippen LogP) is 19.9. The molecule has 0 spiro atoms. The van der Waals surface area contributed by atoms with E-state index in [-0.39, 0.29) is 76.5 Å². The van der Waals surface area contributed by atoms with E-state index >= 15 is 0 Å². The summed E-state index contributed by atoms with van der Waals surface area (Å²) in [5, 5.41) is 0. The van der Waals surface area contributed by atoms with Crippen molar-refractivity contribution in [3.05, 3.63) is 188 Å². The highest BCUT2D eigenvalue weighted by molar-refractivity contribution is 5.90. The lowest BCUT2D eigenvalue weighted by atomic mass is 9.73. The van der Waals surface area contributed by atoms with E-state index in [1.807, 2.05) is 97.1 Å². The monoisotopic (exact) mass is 1290 g/mol. The first kappa shape index (κ1) is 65.5. The molecule has 8 aromatic rings. The molecule has 0 aromatic heterocycles. The molecule has 0 unspecified atom stereocenters. The molecule has 0 atom stereocenters. The molecule has 8 aromatic carbocycles. The molecule has 12 heteroatoms. The number of hydrogen-bond donors (Lipinski definition) is 0. The number of rotatable bonds is 24. The predicted molar refractivity (Wildman–Crippen MR) is 377 cm³/mol.